The van der Waals surface area contributed by atoms with E-state index in [2.05, 4.69) is 14.2 Å². The largest absolute Gasteiger partial charge is 0.508 e. The van der Waals surface area contributed by atoms with Crippen LogP contribution in [0.3, 0.4) is 0 Å². The maximum Gasteiger partial charge on any atom is 0.339 e. The van der Waals surface area contributed by atoms with Crippen LogP contribution in [0.5, 0.6) is 17.2 Å². The van der Waals surface area contributed by atoms with E-state index >= 15 is 0 Å². The summed E-state index contributed by atoms with van der Waals surface area (Å²) in [5, 5.41) is 27.6. The molecule has 0 unspecified atom stereocenters. The summed E-state index contributed by atoms with van der Waals surface area (Å²) in [6.07, 6.45) is 0. The summed E-state index contributed by atoms with van der Waals surface area (Å²) in [4.78, 5) is 32.9. The molecule has 12 heteroatoms. The molecular formula is C24H21ClI2O9. The molecule has 0 amide bonds. The first-order chi connectivity index (χ1) is 17.0. The monoisotopic (exact) mass is 742 g/mol. The van der Waals surface area contributed by atoms with Crippen molar-refractivity contribution in [1.82, 2.24) is 0 Å². The van der Waals surface area contributed by atoms with Crippen molar-refractivity contribution >= 4 is 74.7 Å². The number of carbonyl (C=O) groups is 3. The Morgan fingerprint density at radius 2 is 1.25 bits per heavy atom. The minimum absolute atomic E-state index is 0.0266. The van der Waals surface area contributed by atoms with Gasteiger partial charge in [-0.3, -0.25) is 0 Å². The number of rotatable bonds is 3. The normalized spacial score (nSPS) is 9.50. The molecule has 3 aromatic carbocycles. The van der Waals surface area contributed by atoms with Crippen LogP contribution in [0, 0.1) is 7.14 Å². The average molecular weight is 743 g/mol. The third-order valence-corrected chi connectivity index (χ3v) is 6.27. The molecule has 9 nitrogen and oxygen atoms in total. The molecule has 3 rings (SSSR count). The van der Waals surface area contributed by atoms with Gasteiger partial charge in [0.2, 0.25) is 0 Å². The summed E-state index contributed by atoms with van der Waals surface area (Å²) in [5.41, 5.74) is 0.880. The van der Waals surface area contributed by atoms with Crippen LogP contribution in [0.4, 0.5) is 0 Å². The lowest BCUT2D eigenvalue weighted by molar-refractivity contribution is 0.0591. The van der Waals surface area contributed by atoms with Gasteiger partial charge in [-0.25, -0.2) is 14.4 Å². The maximum absolute atomic E-state index is 11.1. The predicted octanol–water partition coefficient (Wildman–Crippen LogP) is 5.40. The molecule has 36 heavy (non-hydrogen) atoms. The number of hydrogen-bond donors (Lipinski definition) is 3. The van der Waals surface area contributed by atoms with Crippen molar-refractivity contribution in [2.24, 2.45) is 0 Å². The first kappa shape index (κ1) is 31.3. The van der Waals surface area contributed by atoms with Crippen LogP contribution in [0.1, 0.15) is 31.1 Å². The number of benzene rings is 3. The van der Waals surface area contributed by atoms with Crippen LogP contribution in [0.25, 0.3) is 0 Å². The van der Waals surface area contributed by atoms with E-state index in [1.54, 1.807) is 30.3 Å². The molecule has 3 N–H and O–H groups in total. The van der Waals surface area contributed by atoms with Crippen molar-refractivity contribution in [2.45, 2.75) is 0 Å². The lowest BCUT2D eigenvalue weighted by Gasteiger charge is -2.04. The first-order valence-electron chi connectivity index (χ1n) is 9.66. The third-order valence-electron chi connectivity index (χ3n) is 4.11. The van der Waals surface area contributed by atoms with Gasteiger partial charge < -0.3 is 29.5 Å². The second-order valence-electron chi connectivity index (χ2n) is 6.45. The number of ether oxygens (including phenoxy) is 3. The van der Waals surface area contributed by atoms with Crippen LogP contribution >= 0.6 is 56.8 Å². The van der Waals surface area contributed by atoms with E-state index in [1.807, 2.05) is 45.2 Å². The molecule has 0 bridgehead atoms. The molecular weight excluding hydrogens is 722 g/mol. The van der Waals surface area contributed by atoms with E-state index in [-0.39, 0.29) is 27.8 Å². The van der Waals surface area contributed by atoms with Crippen molar-refractivity contribution in [3.05, 3.63) is 83.5 Å². The second-order valence-corrected chi connectivity index (χ2v) is 9.15. The Morgan fingerprint density at radius 3 is 1.75 bits per heavy atom. The minimum Gasteiger partial charge on any atom is -0.508 e. The molecule has 0 atom stereocenters. The molecule has 0 fully saturated rings. The minimum atomic E-state index is -0.559. The van der Waals surface area contributed by atoms with E-state index in [0.29, 0.717) is 18.3 Å². The summed E-state index contributed by atoms with van der Waals surface area (Å²) in [6, 6.07) is 13.7. The van der Waals surface area contributed by atoms with Gasteiger partial charge in [-0.2, -0.15) is 0 Å². The Kier molecular flexibility index (Phi) is 13.3. The van der Waals surface area contributed by atoms with E-state index in [1.165, 1.54) is 45.6 Å². The number of aromatic hydroxyl groups is 3. The number of carbonyl (C=O) groups excluding carboxylic acids is 3. The molecule has 0 aliphatic carbocycles. The number of hydrogen-bond acceptors (Lipinski definition) is 9. The summed E-state index contributed by atoms with van der Waals surface area (Å²) in [5.74, 6) is -1.38. The van der Waals surface area contributed by atoms with Gasteiger partial charge in [0.05, 0.1) is 50.2 Å². The van der Waals surface area contributed by atoms with Crippen LogP contribution < -0.4 is 0 Å². The lowest BCUT2D eigenvalue weighted by atomic mass is 10.2. The molecule has 0 aliphatic rings. The number of methoxy groups -OCH3 is 3. The highest BCUT2D eigenvalue weighted by molar-refractivity contribution is 14.1. The molecule has 0 heterocycles. The molecule has 0 aliphatic heterocycles. The zero-order valence-electron chi connectivity index (χ0n) is 19.1. The zero-order chi connectivity index (χ0) is 27.4. The van der Waals surface area contributed by atoms with Crippen molar-refractivity contribution in [3.63, 3.8) is 0 Å². The van der Waals surface area contributed by atoms with Crippen molar-refractivity contribution in [1.29, 1.82) is 0 Å². The van der Waals surface area contributed by atoms with Crippen molar-refractivity contribution < 1.29 is 43.9 Å². The van der Waals surface area contributed by atoms with E-state index in [0.717, 1.165) is 0 Å². The van der Waals surface area contributed by atoms with Gasteiger partial charge in [0.1, 0.15) is 17.2 Å². The van der Waals surface area contributed by atoms with Crippen LogP contribution in [-0.2, 0) is 14.2 Å². The summed E-state index contributed by atoms with van der Waals surface area (Å²) in [6.45, 7) is 0. The standard InChI is InChI=1S/C8H6ClIO3.C8H7IO3.C8H8O3/c1-13-8(12)4-2-3-5(10)7(11)6(4)9;1-12-8(11)5-2-3-6(9)7(10)4-5;1-11-8(10)6-3-2-4-7(9)5-6/h2-3,11H,1H3;2-4,10H,1H3;2-5,9H,1H3. The predicted molar refractivity (Wildman–Crippen MR) is 149 cm³/mol. The summed E-state index contributed by atoms with van der Waals surface area (Å²) < 4.78 is 14.7. The molecule has 0 spiro atoms. The van der Waals surface area contributed by atoms with Crippen LogP contribution in [-0.4, -0.2) is 54.6 Å². The fourth-order valence-corrected chi connectivity index (χ4v) is 3.50. The van der Waals surface area contributed by atoms with Crippen LogP contribution in [0.2, 0.25) is 5.02 Å². The lowest BCUT2D eigenvalue weighted by Crippen LogP contribution is -2.02. The third kappa shape index (κ3) is 9.35. The van der Waals surface area contributed by atoms with E-state index in [4.69, 9.17) is 16.7 Å². The second kappa shape index (κ2) is 15.4. The highest BCUT2D eigenvalue weighted by atomic mass is 127. The summed E-state index contributed by atoms with van der Waals surface area (Å²) in [7, 11) is 3.86. The van der Waals surface area contributed by atoms with Gasteiger partial charge in [0.25, 0.3) is 0 Å². The SMILES string of the molecule is COC(=O)c1ccc(I)c(O)c1.COC(=O)c1ccc(I)c(O)c1Cl.COC(=O)c1cccc(O)c1. The number of esters is 3. The Morgan fingerprint density at radius 1 is 0.722 bits per heavy atom. The fourth-order valence-electron chi connectivity index (χ4n) is 2.32. The van der Waals surface area contributed by atoms with Gasteiger partial charge in [-0.1, -0.05) is 17.7 Å². The first-order valence-corrected chi connectivity index (χ1v) is 12.2. The Hall–Kier alpha value is -2.78. The van der Waals surface area contributed by atoms with Gasteiger partial charge in [0, 0.05) is 0 Å². The molecule has 0 aromatic heterocycles. The van der Waals surface area contributed by atoms with Gasteiger partial charge in [0.15, 0.2) is 0 Å². The van der Waals surface area contributed by atoms with E-state index in [9.17, 15) is 24.6 Å². The Bertz CT molecular complexity index is 1230. The Labute approximate surface area is 239 Å². The van der Waals surface area contributed by atoms with Crippen molar-refractivity contribution in [2.75, 3.05) is 21.3 Å². The van der Waals surface area contributed by atoms with Gasteiger partial charge in [-0.15, -0.1) is 0 Å². The zero-order valence-corrected chi connectivity index (χ0v) is 24.2. The topological polar surface area (TPSA) is 140 Å². The molecule has 0 saturated carbocycles. The van der Waals surface area contributed by atoms with E-state index < -0.39 is 17.9 Å². The number of phenolic OH excluding ortho intramolecular Hbond substituents is 3. The summed E-state index contributed by atoms with van der Waals surface area (Å²) >= 11 is 9.61. The van der Waals surface area contributed by atoms with Crippen molar-refractivity contribution in [3.8, 4) is 17.2 Å². The molecule has 0 radical (unpaired) electrons. The quantitative estimate of drug-likeness (QED) is 0.183. The molecule has 192 valence electrons. The van der Waals surface area contributed by atoms with Gasteiger partial charge in [-0.05, 0) is 93.7 Å². The number of phenols is 3. The smallest absolute Gasteiger partial charge is 0.339 e. The highest BCUT2D eigenvalue weighted by Gasteiger charge is 2.15. The average Bonchev–Trinajstić information content (AvgIpc) is 2.88. The fraction of sp³-hybridized carbons (Fsp3) is 0.125. The van der Waals surface area contributed by atoms with Crippen LogP contribution in [0.15, 0.2) is 54.6 Å². The maximum atomic E-state index is 11.1. The van der Waals surface area contributed by atoms with Gasteiger partial charge >= 0.3 is 17.9 Å². The molecule has 3 aromatic rings. The number of halogens is 3. The molecule has 0 saturated heterocycles. The Balaban J connectivity index is 0.000000271. The highest BCUT2D eigenvalue weighted by Crippen LogP contribution is 2.32.